The summed E-state index contributed by atoms with van der Waals surface area (Å²) in [6.45, 7) is 5.36. The first-order valence-electron chi connectivity index (χ1n) is 6.79. The fraction of sp³-hybridized carbons (Fsp3) is 0.500. The molecule has 0 spiro atoms. The molecule has 1 nitrogen and oxygen atoms in total. The van der Waals surface area contributed by atoms with Gasteiger partial charge >= 0.3 is 0 Å². The van der Waals surface area contributed by atoms with Gasteiger partial charge in [0.2, 0.25) is 0 Å². The predicted molar refractivity (Wildman–Crippen MR) is 79.3 cm³/mol. The lowest BCUT2D eigenvalue weighted by molar-refractivity contribution is 0.688. The smallest absolute Gasteiger partial charge is 0.0443 e. The average molecular weight is 264 g/mol. The highest BCUT2D eigenvalue weighted by molar-refractivity contribution is 6.31. The first-order chi connectivity index (χ1) is 8.65. The molecule has 0 amide bonds. The van der Waals surface area contributed by atoms with Crippen LogP contribution in [0.4, 0.5) is 0 Å². The summed E-state index contributed by atoms with van der Waals surface area (Å²) in [5.74, 6) is 0. The van der Waals surface area contributed by atoms with E-state index in [1.54, 1.807) is 0 Å². The molecule has 0 heterocycles. The standard InChI is InChI=1S/C16H22ClN/c1-12(4-3-9-18-15-7-8-15)10-14-6-5-13(2)11-16(14)17/h4-6,11,15,18H,3,7-10H2,1-2H3/b12-4-. The quantitative estimate of drug-likeness (QED) is 0.597. The molecule has 18 heavy (non-hydrogen) atoms. The van der Waals surface area contributed by atoms with Crippen LogP contribution >= 0.6 is 11.6 Å². The van der Waals surface area contributed by atoms with E-state index in [9.17, 15) is 0 Å². The van der Waals surface area contributed by atoms with Crippen LogP contribution in [0.1, 0.15) is 37.3 Å². The second-order valence-electron chi connectivity index (χ2n) is 5.34. The lowest BCUT2D eigenvalue weighted by Gasteiger charge is -2.06. The topological polar surface area (TPSA) is 12.0 Å². The number of benzene rings is 1. The summed E-state index contributed by atoms with van der Waals surface area (Å²) < 4.78 is 0. The van der Waals surface area contributed by atoms with Crippen molar-refractivity contribution in [3.05, 3.63) is 46.0 Å². The Morgan fingerprint density at radius 1 is 1.44 bits per heavy atom. The zero-order chi connectivity index (χ0) is 13.0. The minimum Gasteiger partial charge on any atom is -0.314 e. The molecule has 1 saturated carbocycles. The highest BCUT2D eigenvalue weighted by atomic mass is 35.5. The van der Waals surface area contributed by atoms with E-state index >= 15 is 0 Å². The Labute approximate surface area is 115 Å². The number of allylic oxidation sites excluding steroid dienone is 1. The van der Waals surface area contributed by atoms with Crippen molar-refractivity contribution < 1.29 is 0 Å². The molecule has 1 aromatic rings. The molecular weight excluding hydrogens is 242 g/mol. The summed E-state index contributed by atoms with van der Waals surface area (Å²) in [5.41, 5.74) is 3.85. The van der Waals surface area contributed by atoms with E-state index < -0.39 is 0 Å². The molecule has 1 N–H and O–H groups in total. The van der Waals surface area contributed by atoms with Gasteiger partial charge in [-0.25, -0.2) is 0 Å². The molecule has 98 valence electrons. The number of nitrogens with one attached hydrogen (secondary N) is 1. The Kier molecular flexibility index (Phi) is 4.85. The van der Waals surface area contributed by atoms with Gasteiger partial charge in [0.25, 0.3) is 0 Å². The van der Waals surface area contributed by atoms with E-state index in [1.165, 1.54) is 29.5 Å². The second-order valence-corrected chi connectivity index (χ2v) is 5.75. The van der Waals surface area contributed by atoms with Gasteiger partial charge in [0.1, 0.15) is 0 Å². The van der Waals surface area contributed by atoms with Crippen LogP contribution in [0.25, 0.3) is 0 Å². The van der Waals surface area contributed by atoms with Crippen molar-refractivity contribution in [2.75, 3.05) is 6.54 Å². The third-order valence-electron chi connectivity index (χ3n) is 3.33. The maximum atomic E-state index is 6.25. The summed E-state index contributed by atoms with van der Waals surface area (Å²) in [4.78, 5) is 0. The van der Waals surface area contributed by atoms with Crippen molar-refractivity contribution in [1.29, 1.82) is 0 Å². The van der Waals surface area contributed by atoms with E-state index in [0.29, 0.717) is 0 Å². The number of halogens is 1. The van der Waals surface area contributed by atoms with Gasteiger partial charge in [0, 0.05) is 11.1 Å². The maximum Gasteiger partial charge on any atom is 0.0443 e. The molecular formula is C16H22ClN. The Bertz CT molecular complexity index is 433. The third-order valence-corrected chi connectivity index (χ3v) is 3.68. The van der Waals surface area contributed by atoms with Gasteiger partial charge in [0.15, 0.2) is 0 Å². The zero-order valence-corrected chi connectivity index (χ0v) is 12.1. The van der Waals surface area contributed by atoms with Crippen LogP contribution in [0.15, 0.2) is 29.8 Å². The first-order valence-corrected chi connectivity index (χ1v) is 7.17. The summed E-state index contributed by atoms with van der Waals surface area (Å²) in [7, 11) is 0. The Balaban J connectivity index is 1.80. The van der Waals surface area contributed by atoms with Crippen LogP contribution < -0.4 is 5.32 Å². The highest BCUT2D eigenvalue weighted by Gasteiger charge is 2.19. The van der Waals surface area contributed by atoms with Gasteiger partial charge in [-0.3, -0.25) is 0 Å². The van der Waals surface area contributed by atoms with Gasteiger partial charge in [0.05, 0.1) is 0 Å². The van der Waals surface area contributed by atoms with E-state index in [4.69, 9.17) is 11.6 Å². The summed E-state index contributed by atoms with van der Waals surface area (Å²) in [6, 6.07) is 7.12. The van der Waals surface area contributed by atoms with Crippen LogP contribution in [0.5, 0.6) is 0 Å². The van der Waals surface area contributed by atoms with Crippen LogP contribution in [-0.4, -0.2) is 12.6 Å². The van der Waals surface area contributed by atoms with Gasteiger partial charge in [-0.1, -0.05) is 35.4 Å². The van der Waals surface area contributed by atoms with Crippen molar-refractivity contribution in [3.8, 4) is 0 Å². The average Bonchev–Trinajstić information content (AvgIpc) is 3.12. The van der Waals surface area contributed by atoms with Gasteiger partial charge in [-0.15, -0.1) is 0 Å². The zero-order valence-electron chi connectivity index (χ0n) is 11.3. The molecule has 2 rings (SSSR count). The Hall–Kier alpha value is -0.790. The van der Waals surface area contributed by atoms with Crippen LogP contribution in [0, 0.1) is 6.92 Å². The molecule has 1 aliphatic rings. The van der Waals surface area contributed by atoms with Crippen LogP contribution in [-0.2, 0) is 6.42 Å². The molecule has 1 aromatic carbocycles. The molecule has 1 fully saturated rings. The van der Waals surface area contributed by atoms with E-state index in [1.807, 2.05) is 6.07 Å². The SMILES string of the molecule is C/C(=C/CCNC1CC1)Cc1ccc(C)cc1Cl. The lowest BCUT2D eigenvalue weighted by atomic mass is 10.0. The largest absolute Gasteiger partial charge is 0.314 e. The normalized spacial score (nSPS) is 16.1. The minimum absolute atomic E-state index is 0.810. The summed E-state index contributed by atoms with van der Waals surface area (Å²) in [6.07, 6.45) is 7.13. The molecule has 0 radical (unpaired) electrons. The van der Waals surface area contributed by atoms with Gasteiger partial charge < -0.3 is 5.32 Å². The van der Waals surface area contributed by atoms with Crippen molar-refractivity contribution in [2.24, 2.45) is 0 Å². The molecule has 1 aliphatic carbocycles. The predicted octanol–water partition coefficient (Wildman–Crippen LogP) is 4.28. The van der Waals surface area contributed by atoms with Crippen molar-refractivity contribution >= 4 is 11.6 Å². The van der Waals surface area contributed by atoms with Crippen molar-refractivity contribution in [1.82, 2.24) is 5.32 Å². The van der Waals surface area contributed by atoms with Gasteiger partial charge in [-0.2, -0.15) is 0 Å². The third kappa shape index (κ3) is 4.47. The second kappa shape index (κ2) is 6.40. The van der Waals surface area contributed by atoms with Crippen LogP contribution in [0.2, 0.25) is 5.02 Å². The lowest BCUT2D eigenvalue weighted by Crippen LogP contribution is -2.16. The first kappa shape index (κ1) is 13.6. The number of aryl methyl sites for hydroxylation is 1. The maximum absolute atomic E-state index is 6.25. The number of rotatable bonds is 6. The Morgan fingerprint density at radius 2 is 2.22 bits per heavy atom. The van der Waals surface area contributed by atoms with E-state index in [0.717, 1.165) is 30.5 Å². The molecule has 2 heteroatoms. The molecule has 0 aromatic heterocycles. The Morgan fingerprint density at radius 3 is 2.89 bits per heavy atom. The fourth-order valence-corrected chi connectivity index (χ4v) is 2.36. The molecule has 0 unspecified atom stereocenters. The molecule has 0 aliphatic heterocycles. The molecule has 0 atom stereocenters. The van der Waals surface area contributed by atoms with E-state index in [2.05, 4.69) is 37.4 Å². The summed E-state index contributed by atoms with van der Waals surface area (Å²) in [5, 5.41) is 4.41. The fourth-order valence-electron chi connectivity index (χ4n) is 2.06. The van der Waals surface area contributed by atoms with E-state index in [-0.39, 0.29) is 0 Å². The molecule has 0 saturated heterocycles. The van der Waals surface area contributed by atoms with Crippen molar-refractivity contribution in [2.45, 2.75) is 45.6 Å². The van der Waals surface area contributed by atoms with Crippen molar-refractivity contribution in [3.63, 3.8) is 0 Å². The monoisotopic (exact) mass is 263 g/mol. The number of hydrogen-bond donors (Lipinski definition) is 1. The van der Waals surface area contributed by atoms with Gasteiger partial charge in [-0.05, 0) is 63.3 Å². The highest BCUT2D eigenvalue weighted by Crippen LogP contribution is 2.21. The minimum atomic E-state index is 0.810. The van der Waals surface area contributed by atoms with Crippen LogP contribution in [0.3, 0.4) is 0 Å². The molecule has 0 bridgehead atoms. The summed E-state index contributed by atoms with van der Waals surface area (Å²) >= 11 is 6.25. The number of hydrogen-bond acceptors (Lipinski definition) is 1.